The van der Waals surface area contributed by atoms with E-state index in [4.69, 9.17) is 33.8 Å². The fourth-order valence-corrected chi connectivity index (χ4v) is 3.33. The van der Waals surface area contributed by atoms with Gasteiger partial charge in [-0.3, -0.25) is 4.79 Å². The first-order valence-electron chi connectivity index (χ1n) is 11.7. The van der Waals surface area contributed by atoms with Crippen molar-refractivity contribution < 1.29 is 142 Å². The summed E-state index contributed by atoms with van der Waals surface area (Å²) in [6.07, 6.45) is 10.2. The normalized spacial score (nSPS) is 15.5. The van der Waals surface area contributed by atoms with Crippen LogP contribution in [-0.2, 0) is 23.6 Å². The largest absolute Gasteiger partial charge is 1.00 e. The van der Waals surface area contributed by atoms with Gasteiger partial charge in [-0.15, -0.1) is 0 Å². The molecule has 1 rings (SSSR count). The van der Waals surface area contributed by atoms with Crippen LogP contribution in [0.4, 0.5) is 0 Å². The number of unbranched alkanes of at least 4 members (excludes halogenated alkanes) is 9. The van der Waals surface area contributed by atoms with E-state index in [0.29, 0.717) is 6.42 Å². The van der Waals surface area contributed by atoms with Gasteiger partial charge >= 0.3 is 101 Å². The number of aliphatic hydroxyl groups excluding tert-OH is 3. The first kappa shape index (κ1) is 45.5. The maximum absolute atomic E-state index is 11.9. The minimum Gasteiger partial charge on any atom is -0.822 e. The maximum atomic E-state index is 11.9. The van der Waals surface area contributed by atoms with Crippen LogP contribution in [0.5, 0.6) is 0 Å². The van der Waals surface area contributed by atoms with E-state index in [0.717, 1.165) is 25.2 Å². The molecular weight excluding hydrogens is 540 g/mol. The zero-order chi connectivity index (χ0) is 26.1. The molecule has 0 aromatic heterocycles. The number of ether oxygens (including phenoxy) is 2. The molecule has 15 heteroatoms. The van der Waals surface area contributed by atoms with Crippen LogP contribution in [0.15, 0.2) is 11.5 Å². The fraction of sp³-hybridized carbons (Fsp3) is 0.818. The van der Waals surface area contributed by atoms with Gasteiger partial charge in [0.05, 0.1) is 6.61 Å². The van der Waals surface area contributed by atoms with Gasteiger partial charge in [-0.2, -0.15) is 7.82 Å². The molecule has 0 saturated heterocycles. The van der Waals surface area contributed by atoms with Crippen molar-refractivity contribution in [1.82, 2.24) is 0 Å². The van der Waals surface area contributed by atoms with E-state index >= 15 is 0 Å². The molecule has 0 bridgehead atoms. The van der Waals surface area contributed by atoms with Crippen LogP contribution in [-0.4, -0.2) is 46.1 Å². The van der Waals surface area contributed by atoms with Crippen LogP contribution in [0.25, 0.3) is 0 Å². The van der Waals surface area contributed by atoms with Gasteiger partial charge in [0.2, 0.25) is 11.5 Å². The summed E-state index contributed by atoms with van der Waals surface area (Å²) in [7, 11) is -5.39. The van der Waals surface area contributed by atoms with Crippen LogP contribution >= 0.6 is 7.82 Å². The summed E-state index contributed by atoms with van der Waals surface area (Å²) >= 11 is 0. The number of phosphoric acid groups is 1. The Labute approximate surface area is 286 Å². The smallest absolute Gasteiger partial charge is 0.822 e. The summed E-state index contributed by atoms with van der Waals surface area (Å²) < 4.78 is 18.3. The van der Waals surface area contributed by atoms with Crippen molar-refractivity contribution >= 4 is 19.8 Å². The fourth-order valence-electron chi connectivity index (χ4n) is 3.33. The molecule has 2 atom stereocenters. The van der Waals surface area contributed by atoms with E-state index in [-0.39, 0.29) is 95.1 Å². The molecule has 200 valence electrons. The predicted octanol–water partition coefficient (Wildman–Crippen LogP) is -7.90. The Morgan fingerprint density at radius 3 is 1.76 bits per heavy atom. The van der Waals surface area contributed by atoms with Crippen LogP contribution in [0.2, 0.25) is 0 Å². The van der Waals surface area contributed by atoms with E-state index in [2.05, 4.69) is 13.8 Å². The minimum absolute atomic E-state index is 0. The van der Waals surface area contributed by atoms with E-state index in [1.54, 1.807) is 0 Å². The molecule has 0 unspecified atom stereocenters. The molecule has 0 spiro atoms. The Hall–Kier alpha value is 1.51. The number of carbonyl (C=O) groups is 2. The van der Waals surface area contributed by atoms with Crippen molar-refractivity contribution in [3.05, 3.63) is 11.5 Å². The van der Waals surface area contributed by atoms with Crippen molar-refractivity contribution in [2.45, 2.75) is 103 Å². The van der Waals surface area contributed by atoms with Crippen molar-refractivity contribution in [2.24, 2.45) is 5.92 Å². The van der Waals surface area contributed by atoms with Crippen molar-refractivity contribution in [2.75, 3.05) is 6.61 Å². The molecule has 0 fully saturated rings. The molecule has 1 heterocycles. The molecule has 0 amide bonds. The third-order valence-corrected chi connectivity index (χ3v) is 5.09. The van der Waals surface area contributed by atoms with Crippen LogP contribution in [0.3, 0.4) is 0 Å². The van der Waals surface area contributed by atoms with Crippen molar-refractivity contribution in [1.29, 1.82) is 0 Å². The number of esters is 2. The van der Waals surface area contributed by atoms with Gasteiger partial charge in [0.15, 0.2) is 6.10 Å². The van der Waals surface area contributed by atoms with Crippen molar-refractivity contribution in [3.63, 3.8) is 0 Å². The first-order valence-corrected chi connectivity index (χ1v) is 13.2. The molecule has 0 aliphatic carbocycles. The monoisotopic (exact) mass is 578 g/mol. The summed E-state index contributed by atoms with van der Waals surface area (Å²) in [6.45, 7) is 3.84. The van der Waals surface area contributed by atoms with Crippen molar-refractivity contribution in [3.8, 4) is 0 Å². The van der Waals surface area contributed by atoms with Crippen LogP contribution in [0.1, 0.15) is 90.9 Å². The summed E-state index contributed by atoms with van der Waals surface area (Å²) in [4.78, 5) is 48.9. The number of aliphatic hydroxyl groups is 3. The average Bonchev–Trinajstić information content (AvgIpc) is 3.01. The van der Waals surface area contributed by atoms with Gasteiger partial charge in [-0.25, -0.2) is 4.79 Å². The molecule has 1 aliphatic rings. The second-order valence-corrected chi connectivity index (χ2v) is 9.57. The number of cyclic esters (lactones) is 1. The summed E-state index contributed by atoms with van der Waals surface area (Å²) in [5.74, 6) is -2.13. The van der Waals surface area contributed by atoms with Gasteiger partial charge < -0.3 is 44.0 Å². The predicted molar refractivity (Wildman–Crippen MR) is 117 cm³/mol. The Balaban J connectivity index is -0.000000619. The summed E-state index contributed by atoms with van der Waals surface area (Å²) in [5.41, 5.74) is 0. The zero-order valence-electron chi connectivity index (χ0n) is 23.0. The number of hydrogen-bond acceptors (Lipinski definition) is 11. The second-order valence-electron chi connectivity index (χ2n) is 8.68. The maximum Gasteiger partial charge on any atom is 1.00 e. The number of rotatable bonds is 16. The summed E-state index contributed by atoms with van der Waals surface area (Å²) in [6, 6.07) is 0. The quantitative estimate of drug-likeness (QED) is 0.0680. The molecule has 3 N–H and O–H groups in total. The first-order chi connectivity index (χ1) is 15.9. The number of hydrogen-bond donors (Lipinski definition) is 3. The SMILES string of the molecule is CC(C)CCCCCCCCCCCCC(=O)OC1=C(O)C(=O)O[C@@H]1[C@@H](O)CO.O=P([O-])([O-])[O-].[Na+].[Na+].[Na+]. The Bertz CT molecular complexity index is 679. The molecule has 0 aromatic carbocycles. The van der Waals surface area contributed by atoms with Gasteiger partial charge in [-0.1, -0.05) is 78.1 Å². The minimum atomic E-state index is -5.39. The Morgan fingerprint density at radius 2 is 1.35 bits per heavy atom. The second kappa shape index (κ2) is 26.4. The summed E-state index contributed by atoms with van der Waals surface area (Å²) in [5, 5.41) is 28.2. The molecular formula is C22H38Na3O11P. The van der Waals surface area contributed by atoms with E-state index in [1.165, 1.54) is 44.9 Å². The van der Waals surface area contributed by atoms with Gasteiger partial charge in [0, 0.05) is 6.42 Å². The van der Waals surface area contributed by atoms with E-state index in [1.807, 2.05) is 0 Å². The average molecular weight is 578 g/mol. The third-order valence-electron chi connectivity index (χ3n) is 5.09. The number of carbonyl (C=O) groups excluding carboxylic acids is 2. The molecule has 0 saturated carbocycles. The van der Waals surface area contributed by atoms with Gasteiger partial charge in [-0.05, 0) is 12.3 Å². The Morgan fingerprint density at radius 1 is 0.946 bits per heavy atom. The van der Waals surface area contributed by atoms with Crippen LogP contribution < -0.4 is 103 Å². The van der Waals surface area contributed by atoms with E-state index < -0.39 is 50.1 Å². The zero-order valence-corrected chi connectivity index (χ0v) is 29.9. The Kier molecular flexibility index (Phi) is 32.5. The molecule has 0 aromatic rings. The topological polar surface area (TPSA) is 200 Å². The molecule has 0 radical (unpaired) electrons. The van der Waals surface area contributed by atoms with Crippen LogP contribution in [0, 0.1) is 5.92 Å². The van der Waals surface area contributed by atoms with E-state index in [9.17, 15) is 19.8 Å². The van der Waals surface area contributed by atoms with Gasteiger partial charge in [0.1, 0.15) is 6.10 Å². The molecule has 11 nitrogen and oxygen atoms in total. The molecule has 1 aliphatic heterocycles. The standard InChI is InChI=1S/C22H38O7.3Na.H3O4P/c1-16(2)13-11-9-7-5-3-4-6-8-10-12-14-18(25)28-21-19(26)22(27)29-20(21)17(24)15-23;;;;1-5(2,3)4/h16-17,20,23-24,26H,3-15H2,1-2H3;;;;(H3,1,2,3,4)/q;3*+1;/p-3/t17-,20+;;;;/m0..../s1. The van der Waals surface area contributed by atoms with Gasteiger partial charge in [0.25, 0.3) is 0 Å². The third kappa shape index (κ3) is 26.2. The molecule has 37 heavy (non-hydrogen) atoms.